The monoisotopic (exact) mass is 304 g/mol. The van der Waals surface area contributed by atoms with Gasteiger partial charge in [0, 0.05) is 38.3 Å². The third-order valence-electron chi connectivity index (χ3n) is 3.52. The number of ether oxygens (including phenoxy) is 1. The summed E-state index contributed by atoms with van der Waals surface area (Å²) >= 11 is 0. The number of amides is 1. The summed E-state index contributed by atoms with van der Waals surface area (Å²) in [5.41, 5.74) is 1.36. The molecule has 120 valence electrons. The van der Waals surface area contributed by atoms with Crippen LogP contribution in [-0.2, 0) is 11.3 Å². The van der Waals surface area contributed by atoms with Crippen molar-refractivity contribution in [3.63, 3.8) is 0 Å². The van der Waals surface area contributed by atoms with E-state index in [-0.39, 0.29) is 6.09 Å². The Morgan fingerprint density at radius 3 is 2.50 bits per heavy atom. The lowest BCUT2D eigenvalue weighted by Crippen LogP contribution is -2.49. The Morgan fingerprint density at radius 1 is 1.23 bits per heavy atom. The van der Waals surface area contributed by atoms with Gasteiger partial charge in [0.1, 0.15) is 11.9 Å². The molecule has 0 unspecified atom stereocenters. The van der Waals surface area contributed by atoms with Gasteiger partial charge in [-0.1, -0.05) is 18.2 Å². The molecule has 2 rings (SSSR count). The van der Waals surface area contributed by atoms with Crippen molar-refractivity contribution < 1.29 is 14.3 Å². The molecule has 0 aromatic heterocycles. The van der Waals surface area contributed by atoms with Gasteiger partial charge in [0.2, 0.25) is 0 Å². The van der Waals surface area contributed by atoms with E-state index in [1.165, 1.54) is 0 Å². The first-order valence-corrected chi connectivity index (χ1v) is 7.62. The second-order valence-corrected chi connectivity index (χ2v) is 6.61. The van der Waals surface area contributed by atoms with Crippen molar-refractivity contribution in [1.82, 2.24) is 9.80 Å². The Balaban J connectivity index is 1.84. The topological polar surface area (TPSA) is 49.9 Å². The lowest BCUT2D eigenvalue weighted by atomic mass is 10.1. The third kappa shape index (κ3) is 4.84. The van der Waals surface area contributed by atoms with Gasteiger partial charge in [-0.3, -0.25) is 9.69 Å². The minimum Gasteiger partial charge on any atom is -0.444 e. The van der Waals surface area contributed by atoms with E-state index in [0.717, 1.165) is 31.5 Å². The number of rotatable bonds is 3. The zero-order chi connectivity index (χ0) is 16.2. The van der Waals surface area contributed by atoms with Crippen LogP contribution >= 0.6 is 0 Å². The standard InChI is InChI=1S/C17H24N2O3/c1-17(2,3)22-16(21)19-9-7-18(8-10-19)12-14-5-4-6-15(11-14)13-20/h4-6,11,13H,7-10,12H2,1-3H3. The summed E-state index contributed by atoms with van der Waals surface area (Å²) in [5, 5.41) is 0. The quantitative estimate of drug-likeness (QED) is 0.805. The molecule has 5 nitrogen and oxygen atoms in total. The van der Waals surface area contributed by atoms with Crippen molar-refractivity contribution in [1.29, 1.82) is 0 Å². The van der Waals surface area contributed by atoms with E-state index >= 15 is 0 Å². The minimum atomic E-state index is -0.455. The Hall–Kier alpha value is -1.88. The molecular weight excluding hydrogens is 280 g/mol. The molecule has 1 aromatic carbocycles. The van der Waals surface area contributed by atoms with Gasteiger partial charge in [0.25, 0.3) is 0 Å². The SMILES string of the molecule is CC(C)(C)OC(=O)N1CCN(Cc2cccc(C=O)c2)CC1. The summed E-state index contributed by atoms with van der Waals surface area (Å²) in [6.45, 7) is 9.38. The fraction of sp³-hybridized carbons (Fsp3) is 0.529. The predicted octanol–water partition coefficient (Wildman–Crippen LogP) is 2.55. The normalized spacial score (nSPS) is 16.4. The van der Waals surface area contributed by atoms with Crippen LogP contribution in [-0.4, -0.2) is 54.0 Å². The Bertz CT molecular complexity index is 529. The molecule has 0 aliphatic carbocycles. The van der Waals surface area contributed by atoms with Crippen molar-refractivity contribution >= 4 is 12.4 Å². The highest BCUT2D eigenvalue weighted by molar-refractivity contribution is 5.74. The predicted molar refractivity (Wildman–Crippen MR) is 84.9 cm³/mol. The van der Waals surface area contributed by atoms with Gasteiger partial charge in [0.05, 0.1) is 0 Å². The number of nitrogens with zero attached hydrogens (tertiary/aromatic N) is 2. The maximum Gasteiger partial charge on any atom is 0.410 e. The fourth-order valence-corrected chi connectivity index (χ4v) is 2.44. The van der Waals surface area contributed by atoms with Gasteiger partial charge >= 0.3 is 6.09 Å². The van der Waals surface area contributed by atoms with Gasteiger partial charge in [-0.2, -0.15) is 0 Å². The van der Waals surface area contributed by atoms with E-state index in [9.17, 15) is 9.59 Å². The zero-order valence-electron chi connectivity index (χ0n) is 13.5. The molecule has 0 radical (unpaired) electrons. The largest absolute Gasteiger partial charge is 0.444 e. The van der Waals surface area contributed by atoms with Crippen LogP contribution in [0.5, 0.6) is 0 Å². The van der Waals surface area contributed by atoms with E-state index in [4.69, 9.17) is 4.74 Å². The maximum atomic E-state index is 12.0. The molecule has 0 bridgehead atoms. The van der Waals surface area contributed by atoms with Gasteiger partial charge in [-0.15, -0.1) is 0 Å². The molecule has 0 spiro atoms. The summed E-state index contributed by atoms with van der Waals surface area (Å²) in [5.74, 6) is 0. The molecule has 22 heavy (non-hydrogen) atoms. The van der Waals surface area contributed by atoms with E-state index in [2.05, 4.69) is 4.90 Å². The summed E-state index contributed by atoms with van der Waals surface area (Å²) in [6, 6.07) is 7.63. The number of carbonyl (C=O) groups excluding carboxylic acids is 2. The molecule has 1 aliphatic heterocycles. The van der Waals surface area contributed by atoms with Gasteiger partial charge in [-0.25, -0.2) is 4.79 Å². The highest BCUT2D eigenvalue weighted by Gasteiger charge is 2.25. The smallest absolute Gasteiger partial charge is 0.410 e. The van der Waals surface area contributed by atoms with Crippen LogP contribution in [0.25, 0.3) is 0 Å². The highest BCUT2D eigenvalue weighted by atomic mass is 16.6. The third-order valence-corrected chi connectivity index (χ3v) is 3.52. The highest BCUT2D eigenvalue weighted by Crippen LogP contribution is 2.13. The van der Waals surface area contributed by atoms with Gasteiger partial charge in [-0.05, 0) is 32.4 Å². The number of aldehydes is 1. The maximum absolute atomic E-state index is 12.0. The van der Waals surface area contributed by atoms with Crippen LogP contribution in [0.4, 0.5) is 4.79 Å². The molecule has 0 saturated carbocycles. The first kappa shape index (κ1) is 16.5. The lowest BCUT2D eigenvalue weighted by Gasteiger charge is -2.35. The summed E-state index contributed by atoms with van der Waals surface area (Å²) in [6.07, 6.45) is 0.624. The van der Waals surface area contributed by atoms with Crippen LogP contribution < -0.4 is 0 Å². The molecule has 1 amide bonds. The van der Waals surface area contributed by atoms with E-state index in [0.29, 0.717) is 18.7 Å². The molecule has 0 atom stereocenters. The van der Waals surface area contributed by atoms with Crippen LogP contribution in [0.3, 0.4) is 0 Å². The van der Waals surface area contributed by atoms with Crippen LogP contribution in [0, 0.1) is 0 Å². The number of hydrogen-bond acceptors (Lipinski definition) is 4. The minimum absolute atomic E-state index is 0.241. The Labute approximate surface area is 131 Å². The van der Waals surface area contributed by atoms with Crippen molar-refractivity contribution in [2.75, 3.05) is 26.2 Å². The van der Waals surface area contributed by atoms with E-state index in [1.54, 1.807) is 11.0 Å². The van der Waals surface area contributed by atoms with E-state index in [1.807, 2.05) is 39.0 Å². The fourth-order valence-electron chi connectivity index (χ4n) is 2.44. The first-order chi connectivity index (χ1) is 10.4. The molecule has 1 fully saturated rings. The number of carbonyl (C=O) groups is 2. The Morgan fingerprint density at radius 2 is 1.91 bits per heavy atom. The Kier molecular flexibility index (Phi) is 5.19. The molecule has 1 aliphatic rings. The van der Waals surface area contributed by atoms with Crippen LogP contribution in [0.1, 0.15) is 36.7 Å². The molecule has 5 heteroatoms. The van der Waals surface area contributed by atoms with Crippen LogP contribution in [0.15, 0.2) is 24.3 Å². The molecule has 1 saturated heterocycles. The van der Waals surface area contributed by atoms with Crippen molar-refractivity contribution in [2.24, 2.45) is 0 Å². The average molecular weight is 304 g/mol. The second kappa shape index (κ2) is 6.92. The van der Waals surface area contributed by atoms with Crippen LogP contribution in [0.2, 0.25) is 0 Å². The van der Waals surface area contributed by atoms with E-state index < -0.39 is 5.60 Å². The number of hydrogen-bond donors (Lipinski definition) is 0. The van der Waals surface area contributed by atoms with Gasteiger partial charge in [0.15, 0.2) is 0 Å². The first-order valence-electron chi connectivity index (χ1n) is 7.62. The van der Waals surface area contributed by atoms with Gasteiger partial charge < -0.3 is 9.64 Å². The summed E-state index contributed by atoms with van der Waals surface area (Å²) < 4.78 is 5.39. The van der Waals surface area contributed by atoms with Crippen molar-refractivity contribution in [2.45, 2.75) is 32.9 Å². The average Bonchev–Trinajstić information content (AvgIpc) is 2.46. The molecular formula is C17H24N2O3. The zero-order valence-corrected chi connectivity index (χ0v) is 13.5. The second-order valence-electron chi connectivity index (χ2n) is 6.61. The van der Waals surface area contributed by atoms with Crippen molar-refractivity contribution in [3.8, 4) is 0 Å². The number of piperazine rings is 1. The molecule has 1 aromatic rings. The number of benzene rings is 1. The lowest BCUT2D eigenvalue weighted by molar-refractivity contribution is 0.0139. The summed E-state index contributed by atoms with van der Waals surface area (Å²) in [7, 11) is 0. The molecule has 0 N–H and O–H groups in total. The summed E-state index contributed by atoms with van der Waals surface area (Å²) in [4.78, 5) is 26.9. The van der Waals surface area contributed by atoms with Crippen molar-refractivity contribution in [3.05, 3.63) is 35.4 Å². The molecule has 1 heterocycles.